The second-order valence-corrected chi connectivity index (χ2v) is 9.13. The van der Waals surface area contributed by atoms with Crippen LogP contribution in [-0.2, 0) is 4.79 Å². The minimum Gasteiger partial charge on any atom is -0.494 e. The molecule has 4 rings (SSSR count). The van der Waals surface area contributed by atoms with E-state index in [0.717, 1.165) is 5.01 Å². The first kappa shape index (κ1) is 26.6. The average molecular weight is 524 g/mol. The highest BCUT2D eigenvalue weighted by molar-refractivity contribution is 5.95. The number of anilines is 2. The van der Waals surface area contributed by atoms with Gasteiger partial charge in [-0.2, -0.15) is 18.3 Å². The number of nitrogens with zero attached hydrogens (tertiary/aromatic N) is 3. The molecule has 0 bridgehead atoms. The van der Waals surface area contributed by atoms with E-state index in [0.29, 0.717) is 55.4 Å². The fraction of sp³-hybridized carbons (Fsp3) is 0.462. The maximum atomic E-state index is 14.4. The van der Waals surface area contributed by atoms with Crippen molar-refractivity contribution in [2.45, 2.75) is 51.4 Å². The molecule has 0 unspecified atom stereocenters. The number of hydrogen-bond acceptors (Lipinski definition) is 6. The van der Waals surface area contributed by atoms with E-state index < -0.39 is 36.2 Å². The van der Waals surface area contributed by atoms with E-state index in [2.05, 4.69) is 5.10 Å². The summed E-state index contributed by atoms with van der Waals surface area (Å²) < 4.78 is 66.1. The predicted molar refractivity (Wildman–Crippen MR) is 131 cm³/mol. The van der Waals surface area contributed by atoms with E-state index in [1.165, 1.54) is 13.0 Å². The lowest BCUT2D eigenvalue weighted by atomic mass is 9.94. The fourth-order valence-corrected chi connectivity index (χ4v) is 4.76. The maximum Gasteiger partial charge on any atom is 0.431 e. The van der Waals surface area contributed by atoms with Gasteiger partial charge in [0.2, 0.25) is 0 Å². The minimum absolute atomic E-state index is 0.110. The summed E-state index contributed by atoms with van der Waals surface area (Å²) in [4.78, 5) is 13.2. The van der Waals surface area contributed by atoms with Crippen LogP contribution < -0.4 is 19.4 Å². The van der Waals surface area contributed by atoms with Crippen molar-refractivity contribution in [3.05, 3.63) is 48.3 Å². The maximum absolute atomic E-state index is 14.4. The van der Waals surface area contributed by atoms with E-state index in [-0.39, 0.29) is 11.9 Å². The SMILES string of the molecule is CCOc1ccc(F)c(N2CCC(Oc3ccc(N4N=C(C(F)(F)F)[C@H](C)[C@H]4CC(=O)O)cc3)CC2)c1. The first-order chi connectivity index (χ1) is 17.6. The van der Waals surface area contributed by atoms with Crippen molar-refractivity contribution < 1.29 is 36.9 Å². The Hall–Kier alpha value is -3.50. The summed E-state index contributed by atoms with van der Waals surface area (Å²) >= 11 is 0. The van der Waals surface area contributed by atoms with Crippen LogP contribution in [0.1, 0.15) is 33.1 Å². The third kappa shape index (κ3) is 6.08. The van der Waals surface area contributed by atoms with Crippen LogP contribution in [0.3, 0.4) is 0 Å². The Bertz CT molecular complexity index is 1130. The molecule has 2 aromatic rings. The molecule has 0 aromatic heterocycles. The van der Waals surface area contributed by atoms with Gasteiger partial charge in [-0.25, -0.2) is 4.39 Å². The molecular weight excluding hydrogens is 494 g/mol. The number of carboxylic acid groups (broad SMARTS) is 1. The molecule has 37 heavy (non-hydrogen) atoms. The molecule has 0 spiro atoms. The van der Waals surface area contributed by atoms with Crippen LogP contribution in [-0.4, -0.2) is 54.8 Å². The zero-order chi connectivity index (χ0) is 26.7. The Balaban J connectivity index is 1.40. The number of ether oxygens (including phenoxy) is 2. The smallest absolute Gasteiger partial charge is 0.431 e. The first-order valence-corrected chi connectivity index (χ1v) is 12.2. The van der Waals surface area contributed by atoms with Gasteiger partial charge in [-0.3, -0.25) is 9.80 Å². The molecule has 0 aliphatic carbocycles. The van der Waals surface area contributed by atoms with Gasteiger partial charge in [-0.1, -0.05) is 6.92 Å². The number of aliphatic carboxylic acids is 1. The largest absolute Gasteiger partial charge is 0.494 e. The number of halogens is 4. The Labute approximate surface area is 212 Å². The standard InChI is InChI=1S/C26H29F4N3O4/c1-3-36-20-8-9-21(27)23(14-20)32-12-10-19(11-13-32)37-18-6-4-17(5-7-18)33-22(15-24(34)35)16(2)25(31-33)26(28,29)30/h4-9,14,16,19,22H,3,10-13,15H2,1-2H3,(H,34,35)/t16-,22-/m1/s1. The lowest BCUT2D eigenvalue weighted by molar-refractivity contribution is -0.137. The number of alkyl halides is 3. The van der Waals surface area contributed by atoms with E-state index in [1.54, 1.807) is 36.4 Å². The number of benzene rings is 2. The van der Waals surface area contributed by atoms with Gasteiger partial charge in [0, 0.05) is 37.9 Å². The molecule has 1 fully saturated rings. The minimum atomic E-state index is -4.64. The summed E-state index contributed by atoms with van der Waals surface area (Å²) in [5, 5.41) is 14.1. The molecule has 2 aliphatic rings. The van der Waals surface area contributed by atoms with E-state index in [4.69, 9.17) is 9.47 Å². The van der Waals surface area contributed by atoms with E-state index >= 15 is 0 Å². The lowest BCUT2D eigenvalue weighted by Crippen LogP contribution is -2.38. The molecule has 7 nitrogen and oxygen atoms in total. The fourth-order valence-electron chi connectivity index (χ4n) is 4.76. The summed E-state index contributed by atoms with van der Waals surface area (Å²) in [7, 11) is 0. The topological polar surface area (TPSA) is 74.6 Å². The number of carbonyl (C=O) groups is 1. The first-order valence-electron chi connectivity index (χ1n) is 12.2. The zero-order valence-electron chi connectivity index (χ0n) is 20.5. The molecule has 0 saturated carbocycles. The highest BCUT2D eigenvalue weighted by Crippen LogP contribution is 2.37. The molecule has 1 N–H and O–H groups in total. The quantitative estimate of drug-likeness (QED) is 0.462. The van der Waals surface area contributed by atoms with Crippen molar-refractivity contribution in [2.24, 2.45) is 11.0 Å². The number of piperidine rings is 1. The molecule has 1 saturated heterocycles. The molecular formula is C26H29F4N3O4. The zero-order valence-corrected chi connectivity index (χ0v) is 20.5. The second kappa shape index (κ2) is 10.9. The molecule has 2 aliphatic heterocycles. The van der Waals surface area contributed by atoms with Gasteiger partial charge in [-0.05, 0) is 43.3 Å². The van der Waals surface area contributed by atoms with Crippen LogP contribution in [0.25, 0.3) is 0 Å². The van der Waals surface area contributed by atoms with Crippen molar-refractivity contribution in [1.82, 2.24) is 0 Å². The number of rotatable bonds is 8. The summed E-state index contributed by atoms with van der Waals surface area (Å²) in [6.45, 7) is 4.88. The van der Waals surface area contributed by atoms with Crippen LogP contribution in [0.2, 0.25) is 0 Å². The average Bonchev–Trinajstić information content (AvgIpc) is 3.17. The molecule has 200 valence electrons. The Morgan fingerprint density at radius 2 is 1.76 bits per heavy atom. The van der Waals surface area contributed by atoms with Crippen molar-refractivity contribution in [3.8, 4) is 11.5 Å². The van der Waals surface area contributed by atoms with Crippen molar-refractivity contribution in [2.75, 3.05) is 29.6 Å². The van der Waals surface area contributed by atoms with Gasteiger partial charge in [0.15, 0.2) is 0 Å². The number of hydrogen-bond donors (Lipinski definition) is 1. The van der Waals surface area contributed by atoms with Gasteiger partial charge >= 0.3 is 12.1 Å². The van der Waals surface area contributed by atoms with Crippen molar-refractivity contribution >= 4 is 23.1 Å². The molecule has 2 aromatic carbocycles. The summed E-state index contributed by atoms with van der Waals surface area (Å²) in [5.74, 6) is -1.45. The van der Waals surface area contributed by atoms with Crippen molar-refractivity contribution in [1.29, 1.82) is 0 Å². The third-order valence-electron chi connectivity index (χ3n) is 6.63. The van der Waals surface area contributed by atoms with Crippen molar-refractivity contribution in [3.63, 3.8) is 0 Å². The number of hydrazone groups is 1. The summed E-state index contributed by atoms with van der Waals surface area (Å²) in [6.07, 6.45) is -3.92. The highest BCUT2D eigenvalue weighted by atomic mass is 19.4. The van der Waals surface area contributed by atoms with Gasteiger partial charge < -0.3 is 19.5 Å². The highest BCUT2D eigenvalue weighted by Gasteiger charge is 2.48. The monoisotopic (exact) mass is 523 g/mol. The van der Waals surface area contributed by atoms with Crippen LogP contribution >= 0.6 is 0 Å². The summed E-state index contributed by atoms with van der Waals surface area (Å²) in [5.41, 5.74) is -0.151. The Kier molecular flexibility index (Phi) is 7.79. The van der Waals surface area contributed by atoms with Crippen LogP contribution in [0, 0.1) is 11.7 Å². The van der Waals surface area contributed by atoms with Gasteiger partial charge in [0.05, 0.1) is 30.4 Å². The number of carboxylic acids is 1. The third-order valence-corrected chi connectivity index (χ3v) is 6.63. The summed E-state index contributed by atoms with van der Waals surface area (Å²) in [6, 6.07) is 10.2. The lowest BCUT2D eigenvalue weighted by Gasteiger charge is -2.34. The molecule has 0 amide bonds. The Morgan fingerprint density at radius 3 is 2.35 bits per heavy atom. The van der Waals surface area contributed by atoms with Gasteiger partial charge in [0.1, 0.15) is 29.1 Å². The van der Waals surface area contributed by atoms with Crippen LogP contribution in [0.15, 0.2) is 47.6 Å². The predicted octanol–water partition coefficient (Wildman–Crippen LogP) is 5.49. The normalized spacial score (nSPS) is 20.6. The van der Waals surface area contributed by atoms with Gasteiger partial charge in [0.25, 0.3) is 0 Å². The van der Waals surface area contributed by atoms with Crippen LogP contribution in [0.5, 0.6) is 11.5 Å². The second-order valence-electron chi connectivity index (χ2n) is 9.13. The van der Waals surface area contributed by atoms with E-state index in [1.807, 2.05) is 11.8 Å². The molecule has 11 heteroatoms. The van der Waals surface area contributed by atoms with E-state index in [9.17, 15) is 27.5 Å². The Morgan fingerprint density at radius 1 is 1.11 bits per heavy atom. The molecule has 2 heterocycles. The van der Waals surface area contributed by atoms with Crippen LogP contribution in [0.4, 0.5) is 28.9 Å². The molecule has 2 atom stereocenters. The van der Waals surface area contributed by atoms with Gasteiger partial charge in [-0.15, -0.1) is 0 Å². The molecule has 0 radical (unpaired) electrons.